The smallest absolute Gasteiger partial charge is 0.354 e. The molecule has 114 valence electrons. The predicted octanol–water partition coefficient (Wildman–Crippen LogP) is 3.44. The molecule has 0 atom stereocenters. The molecule has 2 N–H and O–H groups in total. The van der Waals surface area contributed by atoms with E-state index >= 15 is 0 Å². The minimum absolute atomic E-state index is 0.00915. The maximum Gasteiger partial charge on any atom is 0.354 e. The van der Waals surface area contributed by atoms with E-state index in [1.54, 1.807) is 0 Å². The first-order valence-electron chi connectivity index (χ1n) is 6.78. The van der Waals surface area contributed by atoms with E-state index in [1.807, 2.05) is 24.3 Å². The van der Waals surface area contributed by atoms with E-state index in [1.165, 1.54) is 12.1 Å². The largest absolute Gasteiger partial charge is 0.477 e. The van der Waals surface area contributed by atoms with Crippen LogP contribution in [0.25, 0.3) is 11.1 Å². The summed E-state index contributed by atoms with van der Waals surface area (Å²) in [6.45, 7) is 6.29. The number of hydrogen-bond donors (Lipinski definition) is 2. The van der Waals surface area contributed by atoms with Gasteiger partial charge in [-0.15, -0.1) is 0 Å². The fourth-order valence-electron chi connectivity index (χ4n) is 2.08. The zero-order valence-corrected chi connectivity index (χ0v) is 12.6. The Kier molecular flexibility index (Phi) is 3.99. The molecule has 5 nitrogen and oxygen atoms in total. The highest BCUT2D eigenvalue weighted by atomic mass is 16.4. The van der Waals surface area contributed by atoms with Gasteiger partial charge in [0.1, 0.15) is 11.4 Å². The van der Waals surface area contributed by atoms with Gasteiger partial charge in [-0.3, -0.25) is 0 Å². The average Bonchev–Trinajstić information content (AvgIpc) is 2.46. The highest BCUT2D eigenvalue weighted by Gasteiger charge is 2.16. The van der Waals surface area contributed by atoms with Crippen molar-refractivity contribution in [3.8, 4) is 11.1 Å². The summed E-state index contributed by atoms with van der Waals surface area (Å²) in [5, 5.41) is 18.1. The molecule has 5 heteroatoms. The summed E-state index contributed by atoms with van der Waals surface area (Å²) < 4.78 is 0. The lowest BCUT2D eigenvalue weighted by molar-refractivity contribution is 0.0685. The minimum Gasteiger partial charge on any atom is -0.477 e. The number of aromatic carboxylic acids is 2. The second-order valence-electron chi connectivity index (χ2n) is 6.06. The molecule has 0 aliphatic carbocycles. The van der Waals surface area contributed by atoms with Crippen LogP contribution in [0.5, 0.6) is 0 Å². The third-order valence-corrected chi connectivity index (χ3v) is 3.35. The summed E-state index contributed by atoms with van der Waals surface area (Å²) in [4.78, 5) is 25.8. The van der Waals surface area contributed by atoms with Crippen molar-refractivity contribution in [3.63, 3.8) is 0 Å². The van der Waals surface area contributed by atoms with Gasteiger partial charge in [0.2, 0.25) is 0 Å². The lowest BCUT2D eigenvalue weighted by Crippen LogP contribution is -2.10. The molecule has 0 amide bonds. The topological polar surface area (TPSA) is 87.5 Å². The van der Waals surface area contributed by atoms with Crippen molar-refractivity contribution < 1.29 is 19.8 Å². The van der Waals surface area contributed by atoms with Crippen LogP contribution >= 0.6 is 0 Å². The number of carboxylic acid groups (broad SMARTS) is 2. The van der Waals surface area contributed by atoms with E-state index in [-0.39, 0.29) is 16.8 Å². The summed E-state index contributed by atoms with van der Waals surface area (Å²) in [6, 6.07) is 10.4. The van der Waals surface area contributed by atoms with E-state index in [2.05, 4.69) is 25.8 Å². The number of hydrogen-bond acceptors (Lipinski definition) is 3. The summed E-state index contributed by atoms with van der Waals surface area (Å²) in [5.41, 5.74) is 1.85. The van der Waals surface area contributed by atoms with Crippen molar-refractivity contribution in [2.24, 2.45) is 0 Å². The summed E-state index contributed by atoms with van der Waals surface area (Å²) in [5.74, 6) is -2.51. The molecule has 0 radical (unpaired) electrons. The van der Waals surface area contributed by atoms with E-state index in [4.69, 9.17) is 10.2 Å². The monoisotopic (exact) mass is 299 g/mol. The third-order valence-electron chi connectivity index (χ3n) is 3.35. The van der Waals surface area contributed by atoms with Gasteiger partial charge in [-0.2, -0.15) is 0 Å². The van der Waals surface area contributed by atoms with E-state index in [0.717, 1.165) is 11.1 Å². The summed E-state index contributed by atoms with van der Waals surface area (Å²) >= 11 is 0. The van der Waals surface area contributed by atoms with Crippen LogP contribution in [0.4, 0.5) is 0 Å². The molecule has 1 heterocycles. The van der Waals surface area contributed by atoms with Gasteiger partial charge < -0.3 is 10.2 Å². The molecule has 0 fully saturated rings. The van der Waals surface area contributed by atoms with Crippen LogP contribution in [-0.2, 0) is 5.41 Å². The lowest BCUT2D eigenvalue weighted by Gasteiger charge is -2.19. The molecule has 0 saturated heterocycles. The number of benzene rings is 1. The molecular formula is C17H17NO4. The maximum atomic E-state index is 11.1. The first-order valence-corrected chi connectivity index (χ1v) is 6.78. The SMILES string of the molecule is CC(C)(C)c1ccc(-c2cc(C(=O)O)nc(C(=O)O)c2)cc1. The second kappa shape index (κ2) is 5.60. The van der Waals surface area contributed by atoms with Crippen LogP contribution < -0.4 is 0 Å². The molecule has 1 aromatic carbocycles. The molecule has 22 heavy (non-hydrogen) atoms. The van der Waals surface area contributed by atoms with E-state index in [0.29, 0.717) is 5.56 Å². The fourth-order valence-corrected chi connectivity index (χ4v) is 2.08. The molecule has 0 aliphatic rings. The predicted molar refractivity (Wildman–Crippen MR) is 82.3 cm³/mol. The van der Waals surface area contributed by atoms with E-state index < -0.39 is 11.9 Å². The van der Waals surface area contributed by atoms with Gasteiger partial charge in [-0.05, 0) is 34.2 Å². The Bertz CT molecular complexity index is 695. The van der Waals surface area contributed by atoms with Gasteiger partial charge in [0, 0.05) is 0 Å². The van der Waals surface area contributed by atoms with Crippen molar-refractivity contribution >= 4 is 11.9 Å². The third kappa shape index (κ3) is 3.31. The van der Waals surface area contributed by atoms with Crippen LogP contribution in [0, 0.1) is 0 Å². The Hall–Kier alpha value is -2.69. The Morgan fingerprint density at radius 3 is 1.68 bits per heavy atom. The first-order chi connectivity index (χ1) is 10.2. The molecule has 0 saturated carbocycles. The standard InChI is InChI=1S/C17H17NO4/c1-17(2,3)12-6-4-10(5-7-12)11-8-13(15(19)20)18-14(9-11)16(21)22/h4-9H,1-3H3,(H,19,20)(H,21,22). The van der Waals surface area contributed by atoms with Crippen molar-refractivity contribution in [2.75, 3.05) is 0 Å². The molecular weight excluding hydrogens is 282 g/mol. The number of carboxylic acids is 2. The quantitative estimate of drug-likeness (QED) is 0.906. The molecule has 2 rings (SSSR count). The number of rotatable bonds is 3. The molecule has 0 bridgehead atoms. The number of aromatic nitrogens is 1. The second-order valence-corrected chi connectivity index (χ2v) is 6.06. The van der Waals surface area contributed by atoms with Crippen molar-refractivity contribution in [2.45, 2.75) is 26.2 Å². The van der Waals surface area contributed by atoms with Gasteiger partial charge in [-0.25, -0.2) is 14.6 Å². The molecule has 1 aromatic heterocycles. The van der Waals surface area contributed by atoms with Crippen LogP contribution in [0.3, 0.4) is 0 Å². The van der Waals surface area contributed by atoms with E-state index in [9.17, 15) is 9.59 Å². The van der Waals surface area contributed by atoms with Crippen molar-refractivity contribution in [1.29, 1.82) is 0 Å². The zero-order valence-electron chi connectivity index (χ0n) is 12.6. The Balaban J connectivity index is 2.52. The minimum atomic E-state index is -1.25. The number of carbonyl (C=O) groups is 2. The summed E-state index contributed by atoms with van der Waals surface area (Å²) in [6.07, 6.45) is 0. The normalized spacial score (nSPS) is 11.2. The maximum absolute atomic E-state index is 11.1. The highest BCUT2D eigenvalue weighted by Crippen LogP contribution is 2.26. The Morgan fingerprint density at radius 1 is 0.864 bits per heavy atom. The van der Waals surface area contributed by atoms with Crippen LogP contribution in [0.2, 0.25) is 0 Å². The average molecular weight is 299 g/mol. The highest BCUT2D eigenvalue weighted by molar-refractivity contribution is 5.92. The Morgan fingerprint density at radius 2 is 1.32 bits per heavy atom. The first kappa shape index (κ1) is 15.7. The molecule has 0 aliphatic heterocycles. The van der Waals surface area contributed by atoms with Crippen LogP contribution in [0.15, 0.2) is 36.4 Å². The van der Waals surface area contributed by atoms with Crippen LogP contribution in [-0.4, -0.2) is 27.1 Å². The molecule has 0 spiro atoms. The van der Waals surface area contributed by atoms with Gasteiger partial charge in [0.15, 0.2) is 0 Å². The molecule has 2 aromatic rings. The lowest BCUT2D eigenvalue weighted by atomic mass is 9.86. The van der Waals surface area contributed by atoms with Gasteiger partial charge in [0.05, 0.1) is 0 Å². The van der Waals surface area contributed by atoms with Gasteiger partial charge >= 0.3 is 11.9 Å². The van der Waals surface area contributed by atoms with Gasteiger partial charge in [0.25, 0.3) is 0 Å². The van der Waals surface area contributed by atoms with Crippen molar-refractivity contribution in [1.82, 2.24) is 4.98 Å². The van der Waals surface area contributed by atoms with Gasteiger partial charge in [-0.1, -0.05) is 45.0 Å². The Labute approximate surface area is 128 Å². The number of nitrogens with zero attached hydrogens (tertiary/aromatic N) is 1. The molecule has 0 unspecified atom stereocenters. The van der Waals surface area contributed by atoms with Crippen LogP contribution in [0.1, 0.15) is 47.3 Å². The fraction of sp³-hybridized carbons (Fsp3) is 0.235. The van der Waals surface area contributed by atoms with Crippen molar-refractivity contribution in [3.05, 3.63) is 53.3 Å². The number of pyridine rings is 1. The zero-order chi connectivity index (χ0) is 16.5. The summed E-state index contributed by atoms with van der Waals surface area (Å²) in [7, 11) is 0.